The van der Waals surface area contributed by atoms with Crippen LogP contribution in [0.2, 0.25) is 0 Å². The lowest BCUT2D eigenvalue weighted by Crippen LogP contribution is -2.27. The highest BCUT2D eigenvalue weighted by atomic mass is 32.2. The first kappa shape index (κ1) is 17.9. The lowest BCUT2D eigenvalue weighted by Gasteiger charge is -2.10. The van der Waals surface area contributed by atoms with Crippen LogP contribution in [0.5, 0.6) is 0 Å². The molecule has 0 saturated heterocycles. The predicted octanol–water partition coefficient (Wildman–Crippen LogP) is 3.01. The van der Waals surface area contributed by atoms with Crippen molar-refractivity contribution in [3.8, 4) is 0 Å². The Morgan fingerprint density at radius 3 is 2.38 bits per heavy atom. The number of anilines is 1. The SMILES string of the molecule is CC(C)CNC(=O)c1ccc(S(=O)(=O)Nc2cccc(F)c2)cc1. The first-order chi connectivity index (χ1) is 11.3. The largest absolute Gasteiger partial charge is 0.352 e. The van der Waals surface area contributed by atoms with E-state index in [1.807, 2.05) is 13.8 Å². The van der Waals surface area contributed by atoms with Crippen molar-refractivity contribution in [1.29, 1.82) is 0 Å². The second kappa shape index (κ2) is 7.44. The maximum atomic E-state index is 13.1. The van der Waals surface area contributed by atoms with Crippen LogP contribution < -0.4 is 10.0 Å². The Bertz CT molecular complexity index is 818. The second-order valence-electron chi connectivity index (χ2n) is 5.74. The number of nitrogens with one attached hydrogen (secondary N) is 2. The van der Waals surface area contributed by atoms with Gasteiger partial charge in [-0.25, -0.2) is 12.8 Å². The summed E-state index contributed by atoms with van der Waals surface area (Å²) < 4.78 is 40.0. The van der Waals surface area contributed by atoms with Crippen LogP contribution in [0.3, 0.4) is 0 Å². The molecule has 24 heavy (non-hydrogen) atoms. The van der Waals surface area contributed by atoms with Gasteiger partial charge in [-0.1, -0.05) is 19.9 Å². The van der Waals surface area contributed by atoms with E-state index in [1.54, 1.807) is 0 Å². The first-order valence-electron chi connectivity index (χ1n) is 7.44. The smallest absolute Gasteiger partial charge is 0.261 e. The molecule has 0 aliphatic heterocycles. The average molecular weight is 350 g/mol. The second-order valence-corrected chi connectivity index (χ2v) is 7.43. The van der Waals surface area contributed by atoms with E-state index >= 15 is 0 Å². The Balaban J connectivity index is 2.13. The van der Waals surface area contributed by atoms with Gasteiger partial charge in [0, 0.05) is 12.1 Å². The molecule has 0 saturated carbocycles. The number of sulfonamides is 1. The predicted molar refractivity (Wildman–Crippen MR) is 90.8 cm³/mol. The van der Waals surface area contributed by atoms with Crippen LogP contribution in [0.25, 0.3) is 0 Å². The van der Waals surface area contributed by atoms with Crippen molar-refractivity contribution >= 4 is 21.6 Å². The van der Waals surface area contributed by atoms with Gasteiger partial charge in [0.2, 0.25) is 0 Å². The van der Waals surface area contributed by atoms with Gasteiger partial charge in [0.1, 0.15) is 5.82 Å². The number of carbonyl (C=O) groups excluding carboxylic acids is 1. The Morgan fingerprint density at radius 1 is 1.12 bits per heavy atom. The topological polar surface area (TPSA) is 75.3 Å². The van der Waals surface area contributed by atoms with Gasteiger partial charge in [-0.05, 0) is 48.4 Å². The maximum Gasteiger partial charge on any atom is 0.261 e. The molecular weight excluding hydrogens is 331 g/mol. The van der Waals surface area contributed by atoms with Crippen LogP contribution in [0.15, 0.2) is 53.4 Å². The zero-order chi connectivity index (χ0) is 17.7. The minimum absolute atomic E-state index is 0.00725. The molecule has 2 N–H and O–H groups in total. The summed E-state index contributed by atoms with van der Waals surface area (Å²) in [5.74, 6) is -0.470. The van der Waals surface area contributed by atoms with Crippen molar-refractivity contribution in [2.45, 2.75) is 18.7 Å². The van der Waals surface area contributed by atoms with Gasteiger partial charge in [-0.2, -0.15) is 0 Å². The van der Waals surface area contributed by atoms with Crippen molar-refractivity contribution in [3.63, 3.8) is 0 Å². The van der Waals surface area contributed by atoms with Crippen LogP contribution in [0.4, 0.5) is 10.1 Å². The number of rotatable bonds is 6. The molecule has 0 heterocycles. The third-order valence-corrected chi connectivity index (χ3v) is 4.57. The summed E-state index contributed by atoms with van der Waals surface area (Å²) in [7, 11) is -3.85. The van der Waals surface area contributed by atoms with Gasteiger partial charge in [0.25, 0.3) is 15.9 Å². The van der Waals surface area contributed by atoms with E-state index in [2.05, 4.69) is 10.0 Å². The van der Waals surface area contributed by atoms with Crippen molar-refractivity contribution < 1.29 is 17.6 Å². The number of hydrogen-bond acceptors (Lipinski definition) is 3. The molecule has 128 valence electrons. The van der Waals surface area contributed by atoms with E-state index in [9.17, 15) is 17.6 Å². The Labute approximate surface area is 141 Å². The van der Waals surface area contributed by atoms with E-state index in [-0.39, 0.29) is 16.5 Å². The summed E-state index contributed by atoms with van der Waals surface area (Å²) in [6.07, 6.45) is 0. The molecule has 0 bridgehead atoms. The van der Waals surface area contributed by atoms with Gasteiger partial charge in [0.15, 0.2) is 0 Å². The van der Waals surface area contributed by atoms with E-state index in [0.717, 1.165) is 6.07 Å². The van der Waals surface area contributed by atoms with Gasteiger partial charge < -0.3 is 5.32 Å². The highest BCUT2D eigenvalue weighted by molar-refractivity contribution is 7.92. The molecule has 2 rings (SSSR count). The van der Waals surface area contributed by atoms with Gasteiger partial charge in [0.05, 0.1) is 10.6 Å². The number of carbonyl (C=O) groups is 1. The number of amides is 1. The Kier molecular flexibility index (Phi) is 5.56. The Hall–Kier alpha value is -2.41. The fraction of sp³-hybridized carbons (Fsp3) is 0.235. The van der Waals surface area contributed by atoms with Crippen molar-refractivity contribution in [2.24, 2.45) is 5.92 Å². The highest BCUT2D eigenvalue weighted by Crippen LogP contribution is 2.17. The molecule has 0 atom stereocenters. The molecule has 7 heteroatoms. The molecule has 0 radical (unpaired) electrons. The first-order valence-corrected chi connectivity index (χ1v) is 8.93. The summed E-state index contributed by atoms with van der Waals surface area (Å²) in [6.45, 7) is 4.50. The van der Waals surface area contributed by atoms with Crippen molar-refractivity contribution in [2.75, 3.05) is 11.3 Å². The van der Waals surface area contributed by atoms with Crippen LogP contribution in [-0.4, -0.2) is 20.9 Å². The molecule has 0 aliphatic rings. The summed E-state index contributed by atoms with van der Waals surface area (Å²) in [4.78, 5) is 11.9. The van der Waals surface area contributed by atoms with Crippen LogP contribution >= 0.6 is 0 Å². The zero-order valence-corrected chi connectivity index (χ0v) is 14.2. The normalized spacial score (nSPS) is 11.3. The fourth-order valence-corrected chi connectivity index (χ4v) is 3.00. The van der Waals surface area contributed by atoms with Crippen LogP contribution in [0, 0.1) is 11.7 Å². The molecule has 0 aliphatic carbocycles. The monoisotopic (exact) mass is 350 g/mol. The third-order valence-electron chi connectivity index (χ3n) is 3.17. The number of hydrogen-bond donors (Lipinski definition) is 2. The van der Waals surface area contributed by atoms with E-state index in [0.29, 0.717) is 18.0 Å². The maximum absolute atomic E-state index is 13.1. The summed E-state index contributed by atoms with van der Waals surface area (Å²) in [5.41, 5.74) is 0.508. The van der Waals surface area contributed by atoms with E-state index < -0.39 is 15.8 Å². The fourth-order valence-electron chi connectivity index (χ4n) is 1.95. The minimum Gasteiger partial charge on any atom is -0.352 e. The lowest BCUT2D eigenvalue weighted by molar-refractivity contribution is 0.0949. The highest BCUT2D eigenvalue weighted by Gasteiger charge is 2.15. The summed E-state index contributed by atoms with van der Waals surface area (Å²) in [5, 5.41) is 2.76. The molecule has 5 nitrogen and oxygen atoms in total. The summed E-state index contributed by atoms with van der Waals surface area (Å²) in [6, 6.07) is 10.7. The van der Waals surface area contributed by atoms with Crippen LogP contribution in [0.1, 0.15) is 24.2 Å². The Morgan fingerprint density at radius 2 is 1.79 bits per heavy atom. The minimum atomic E-state index is -3.85. The quantitative estimate of drug-likeness (QED) is 0.841. The number of benzene rings is 2. The van der Waals surface area contributed by atoms with Crippen molar-refractivity contribution in [3.05, 3.63) is 59.9 Å². The molecule has 2 aromatic rings. The molecule has 0 fully saturated rings. The van der Waals surface area contributed by atoms with Gasteiger partial charge in [-0.3, -0.25) is 9.52 Å². The molecule has 0 spiro atoms. The summed E-state index contributed by atoms with van der Waals surface area (Å²) >= 11 is 0. The van der Waals surface area contributed by atoms with E-state index in [4.69, 9.17) is 0 Å². The zero-order valence-electron chi connectivity index (χ0n) is 13.4. The molecule has 0 aromatic heterocycles. The third kappa shape index (κ3) is 4.79. The average Bonchev–Trinajstić information content (AvgIpc) is 2.52. The molecular formula is C17H19FN2O3S. The van der Waals surface area contributed by atoms with E-state index in [1.165, 1.54) is 42.5 Å². The van der Waals surface area contributed by atoms with Gasteiger partial charge >= 0.3 is 0 Å². The molecule has 0 unspecified atom stereocenters. The number of halogens is 1. The van der Waals surface area contributed by atoms with Crippen molar-refractivity contribution in [1.82, 2.24) is 5.32 Å². The van der Waals surface area contributed by atoms with Gasteiger partial charge in [-0.15, -0.1) is 0 Å². The lowest BCUT2D eigenvalue weighted by atomic mass is 10.2. The molecule has 2 aromatic carbocycles. The standard InChI is InChI=1S/C17H19FN2O3S/c1-12(2)11-19-17(21)13-6-8-16(9-7-13)24(22,23)20-15-5-3-4-14(18)10-15/h3-10,12,20H,11H2,1-2H3,(H,19,21). The molecule has 1 amide bonds. The van der Waals surface area contributed by atoms with Crippen LogP contribution in [-0.2, 0) is 10.0 Å².